The van der Waals surface area contributed by atoms with Gasteiger partial charge in [-0.2, -0.15) is 0 Å². The van der Waals surface area contributed by atoms with E-state index < -0.39 is 15.9 Å². The van der Waals surface area contributed by atoms with Crippen LogP contribution >= 0.6 is 0 Å². The van der Waals surface area contributed by atoms with Crippen LogP contribution in [0.5, 0.6) is 5.75 Å². The summed E-state index contributed by atoms with van der Waals surface area (Å²) in [5.74, 6) is 0.171. The first-order valence-electron chi connectivity index (χ1n) is 9.62. The highest BCUT2D eigenvalue weighted by Crippen LogP contribution is 2.24. The van der Waals surface area contributed by atoms with E-state index in [0.29, 0.717) is 23.7 Å². The van der Waals surface area contributed by atoms with Gasteiger partial charge in [0.25, 0.3) is 15.9 Å². The minimum absolute atomic E-state index is 0.0336. The Morgan fingerprint density at radius 2 is 1.77 bits per heavy atom. The van der Waals surface area contributed by atoms with E-state index in [2.05, 4.69) is 11.9 Å². The summed E-state index contributed by atoms with van der Waals surface area (Å²) in [7, 11) is -2.34. The number of hydrogen-bond acceptors (Lipinski definition) is 4. The van der Waals surface area contributed by atoms with Gasteiger partial charge in [0.15, 0.2) is 0 Å². The molecule has 1 amide bonds. The summed E-state index contributed by atoms with van der Waals surface area (Å²) in [6.07, 6.45) is 1.63. The SMILES string of the molecule is C=CCOc1cccc(NC(=O)c2cccc(S(=O)(=O)N(C)c3ccc(C)cc3)c2)c1. The van der Waals surface area contributed by atoms with Crippen molar-refractivity contribution in [2.75, 3.05) is 23.3 Å². The van der Waals surface area contributed by atoms with Crippen LogP contribution in [0.2, 0.25) is 0 Å². The molecule has 6 nitrogen and oxygen atoms in total. The van der Waals surface area contributed by atoms with Crippen LogP contribution in [0.25, 0.3) is 0 Å². The van der Waals surface area contributed by atoms with Crippen LogP contribution in [0.3, 0.4) is 0 Å². The molecule has 0 aliphatic heterocycles. The molecule has 0 radical (unpaired) electrons. The Morgan fingerprint density at radius 1 is 1.06 bits per heavy atom. The highest BCUT2D eigenvalue weighted by atomic mass is 32.2. The van der Waals surface area contributed by atoms with Crippen LogP contribution in [0.4, 0.5) is 11.4 Å². The Kier molecular flexibility index (Phi) is 6.77. The van der Waals surface area contributed by atoms with Crippen molar-refractivity contribution < 1.29 is 17.9 Å². The smallest absolute Gasteiger partial charge is 0.264 e. The third kappa shape index (κ3) is 5.32. The quantitative estimate of drug-likeness (QED) is 0.522. The third-order valence-electron chi connectivity index (χ3n) is 4.61. The molecule has 0 heterocycles. The summed E-state index contributed by atoms with van der Waals surface area (Å²) in [6, 6.07) is 20.1. The largest absolute Gasteiger partial charge is 0.489 e. The summed E-state index contributed by atoms with van der Waals surface area (Å²) in [6.45, 7) is 5.89. The molecule has 0 aliphatic rings. The molecule has 0 saturated heterocycles. The Morgan fingerprint density at radius 3 is 2.48 bits per heavy atom. The maximum Gasteiger partial charge on any atom is 0.264 e. The average molecular weight is 437 g/mol. The number of hydrogen-bond donors (Lipinski definition) is 1. The molecule has 3 aromatic carbocycles. The number of carbonyl (C=O) groups excluding carboxylic acids is 1. The van der Waals surface area contributed by atoms with E-state index in [9.17, 15) is 13.2 Å². The molecule has 0 bridgehead atoms. The fourth-order valence-electron chi connectivity index (χ4n) is 2.87. The second-order valence-electron chi connectivity index (χ2n) is 6.92. The lowest BCUT2D eigenvalue weighted by Gasteiger charge is -2.20. The number of rotatable bonds is 8. The van der Waals surface area contributed by atoms with Gasteiger partial charge < -0.3 is 10.1 Å². The van der Waals surface area contributed by atoms with Gasteiger partial charge in [-0.05, 0) is 49.4 Å². The van der Waals surface area contributed by atoms with Gasteiger partial charge in [-0.15, -0.1) is 0 Å². The van der Waals surface area contributed by atoms with Gasteiger partial charge in [0.1, 0.15) is 12.4 Å². The van der Waals surface area contributed by atoms with E-state index >= 15 is 0 Å². The zero-order valence-electron chi connectivity index (χ0n) is 17.4. The summed E-state index contributed by atoms with van der Waals surface area (Å²) >= 11 is 0. The van der Waals surface area contributed by atoms with Crippen molar-refractivity contribution in [2.45, 2.75) is 11.8 Å². The first-order valence-corrected chi connectivity index (χ1v) is 11.1. The molecule has 31 heavy (non-hydrogen) atoms. The standard InChI is InChI=1S/C24H24N2O4S/c1-4-15-30-22-9-6-8-20(17-22)25-24(27)19-7-5-10-23(16-19)31(28,29)26(3)21-13-11-18(2)12-14-21/h4-14,16-17H,1,15H2,2-3H3,(H,25,27). The monoisotopic (exact) mass is 436 g/mol. The molecule has 7 heteroatoms. The fraction of sp³-hybridized carbons (Fsp3) is 0.125. The minimum atomic E-state index is -3.83. The zero-order chi connectivity index (χ0) is 22.4. The van der Waals surface area contributed by atoms with E-state index in [1.54, 1.807) is 54.6 Å². The van der Waals surface area contributed by atoms with Gasteiger partial charge in [-0.25, -0.2) is 8.42 Å². The lowest BCUT2D eigenvalue weighted by molar-refractivity contribution is 0.102. The van der Waals surface area contributed by atoms with Crippen molar-refractivity contribution in [1.82, 2.24) is 0 Å². The molecule has 3 rings (SSSR count). The zero-order valence-corrected chi connectivity index (χ0v) is 18.2. The summed E-state index contributed by atoms with van der Waals surface area (Å²) in [4.78, 5) is 12.8. The second-order valence-corrected chi connectivity index (χ2v) is 8.89. The van der Waals surface area contributed by atoms with Gasteiger partial charge in [-0.3, -0.25) is 9.10 Å². The highest BCUT2D eigenvalue weighted by molar-refractivity contribution is 7.92. The molecular weight excluding hydrogens is 412 g/mol. The van der Waals surface area contributed by atoms with Crippen LogP contribution in [0.1, 0.15) is 15.9 Å². The van der Waals surface area contributed by atoms with Gasteiger partial charge in [0.05, 0.1) is 10.6 Å². The van der Waals surface area contributed by atoms with Crippen LogP contribution < -0.4 is 14.4 Å². The molecule has 0 unspecified atom stereocenters. The Hall–Kier alpha value is -3.58. The molecular formula is C24H24N2O4S. The molecule has 0 spiro atoms. The maximum absolute atomic E-state index is 13.1. The first-order chi connectivity index (χ1) is 14.8. The Bertz CT molecular complexity index is 1190. The van der Waals surface area contributed by atoms with Crippen LogP contribution in [-0.4, -0.2) is 28.0 Å². The van der Waals surface area contributed by atoms with E-state index in [0.717, 1.165) is 5.56 Å². The molecule has 0 saturated carbocycles. The summed E-state index contributed by atoms with van der Waals surface area (Å²) in [5.41, 5.74) is 2.34. The van der Waals surface area contributed by atoms with Gasteiger partial charge in [0.2, 0.25) is 0 Å². The number of ether oxygens (including phenoxy) is 1. The molecule has 1 N–H and O–H groups in total. The number of amides is 1. The highest BCUT2D eigenvalue weighted by Gasteiger charge is 2.22. The van der Waals surface area contributed by atoms with Crippen LogP contribution in [0.15, 0.2) is 90.3 Å². The summed E-state index contributed by atoms with van der Waals surface area (Å²) in [5, 5.41) is 2.77. The number of sulfonamides is 1. The lowest BCUT2D eigenvalue weighted by Crippen LogP contribution is -2.26. The van der Waals surface area contributed by atoms with E-state index in [1.165, 1.54) is 23.5 Å². The second kappa shape index (κ2) is 9.49. The van der Waals surface area contributed by atoms with Crippen LogP contribution in [0, 0.1) is 6.92 Å². The van der Waals surface area contributed by atoms with Crippen molar-refractivity contribution in [2.24, 2.45) is 0 Å². The van der Waals surface area contributed by atoms with E-state index in [1.807, 2.05) is 19.1 Å². The Balaban J connectivity index is 1.81. The van der Waals surface area contributed by atoms with Gasteiger partial charge in [0, 0.05) is 24.4 Å². The number of carbonyl (C=O) groups is 1. The number of nitrogens with one attached hydrogen (secondary N) is 1. The molecule has 3 aromatic rings. The fourth-order valence-corrected chi connectivity index (χ4v) is 4.11. The molecule has 0 aromatic heterocycles. The normalized spacial score (nSPS) is 10.9. The topological polar surface area (TPSA) is 75.7 Å². The minimum Gasteiger partial charge on any atom is -0.489 e. The number of benzene rings is 3. The third-order valence-corrected chi connectivity index (χ3v) is 6.39. The van der Waals surface area contributed by atoms with Gasteiger partial charge >= 0.3 is 0 Å². The first kappa shape index (κ1) is 22.1. The number of nitrogens with zero attached hydrogens (tertiary/aromatic N) is 1. The predicted octanol–water partition coefficient (Wildman–Crippen LogP) is 4.64. The maximum atomic E-state index is 13.1. The Labute approximate surface area is 182 Å². The predicted molar refractivity (Wildman–Crippen MR) is 123 cm³/mol. The van der Waals surface area contributed by atoms with E-state index in [4.69, 9.17) is 4.74 Å². The van der Waals surface area contributed by atoms with Crippen molar-refractivity contribution in [3.05, 3.63) is 96.6 Å². The average Bonchev–Trinajstić information content (AvgIpc) is 2.78. The number of anilines is 2. The molecule has 0 fully saturated rings. The molecule has 0 atom stereocenters. The molecule has 0 aliphatic carbocycles. The van der Waals surface area contributed by atoms with Crippen molar-refractivity contribution in [3.8, 4) is 5.75 Å². The number of aryl methyl sites for hydroxylation is 1. The van der Waals surface area contributed by atoms with Crippen molar-refractivity contribution in [1.29, 1.82) is 0 Å². The van der Waals surface area contributed by atoms with Gasteiger partial charge in [-0.1, -0.05) is 42.5 Å². The lowest BCUT2D eigenvalue weighted by atomic mass is 10.2. The van der Waals surface area contributed by atoms with Crippen molar-refractivity contribution in [3.63, 3.8) is 0 Å². The molecule has 160 valence electrons. The summed E-state index contributed by atoms with van der Waals surface area (Å²) < 4.78 is 32.8. The van der Waals surface area contributed by atoms with E-state index in [-0.39, 0.29) is 10.5 Å². The van der Waals surface area contributed by atoms with Crippen LogP contribution in [-0.2, 0) is 10.0 Å². The van der Waals surface area contributed by atoms with Crippen molar-refractivity contribution >= 4 is 27.3 Å².